The molecule has 1 fully saturated rings. The van der Waals surface area contributed by atoms with E-state index in [0.29, 0.717) is 16.7 Å². The molecule has 6 nitrogen and oxygen atoms in total. The predicted molar refractivity (Wildman–Crippen MR) is 122 cm³/mol. The average molecular weight is 453 g/mol. The van der Waals surface area contributed by atoms with Gasteiger partial charge in [0.05, 0.1) is 37.2 Å². The lowest BCUT2D eigenvalue weighted by Gasteiger charge is -2.25. The smallest absolute Gasteiger partial charge is 0.205 e. The highest BCUT2D eigenvalue weighted by Gasteiger charge is 2.15. The summed E-state index contributed by atoms with van der Waals surface area (Å²) in [7, 11) is 0. The van der Waals surface area contributed by atoms with Crippen LogP contribution in [0.3, 0.4) is 0 Å². The first-order valence-electron chi connectivity index (χ1n) is 10.1. The number of nitrogens with zero attached hydrogens (tertiary/aromatic N) is 4. The number of rotatable bonds is 6. The summed E-state index contributed by atoms with van der Waals surface area (Å²) in [6.07, 6.45) is 1.75. The van der Waals surface area contributed by atoms with Gasteiger partial charge in [-0.25, -0.2) is 15.0 Å². The third-order valence-electron chi connectivity index (χ3n) is 5.10. The fourth-order valence-electron chi connectivity index (χ4n) is 3.49. The molecule has 0 spiro atoms. The first-order chi connectivity index (χ1) is 15.2. The molecule has 3 heterocycles. The van der Waals surface area contributed by atoms with Crippen LogP contribution in [-0.2, 0) is 17.0 Å². The van der Waals surface area contributed by atoms with Crippen molar-refractivity contribution in [2.75, 3.05) is 26.3 Å². The number of halogens is 1. The molecule has 0 saturated carbocycles. The Morgan fingerprint density at radius 1 is 1.00 bits per heavy atom. The third-order valence-corrected chi connectivity index (χ3v) is 6.33. The number of hydrogen-bond donors (Lipinski definition) is 0. The van der Waals surface area contributed by atoms with Gasteiger partial charge >= 0.3 is 0 Å². The molecule has 0 radical (unpaired) electrons. The summed E-state index contributed by atoms with van der Waals surface area (Å²) >= 11 is 7.59. The van der Waals surface area contributed by atoms with Gasteiger partial charge in [0.15, 0.2) is 5.76 Å². The van der Waals surface area contributed by atoms with Gasteiger partial charge < -0.3 is 9.15 Å². The Labute approximate surface area is 189 Å². The predicted octanol–water partition coefficient (Wildman–Crippen LogP) is 5.06. The monoisotopic (exact) mass is 452 g/mol. The maximum absolute atomic E-state index is 5.97. The number of oxazole rings is 1. The van der Waals surface area contributed by atoms with Crippen LogP contribution < -0.4 is 0 Å². The highest BCUT2D eigenvalue weighted by molar-refractivity contribution is 7.98. The summed E-state index contributed by atoms with van der Waals surface area (Å²) in [4.78, 5) is 16.4. The Balaban J connectivity index is 1.35. The van der Waals surface area contributed by atoms with Crippen molar-refractivity contribution in [1.29, 1.82) is 0 Å². The first kappa shape index (κ1) is 20.5. The van der Waals surface area contributed by atoms with Crippen molar-refractivity contribution >= 4 is 34.3 Å². The molecule has 1 aliphatic heterocycles. The zero-order valence-corrected chi connectivity index (χ0v) is 18.4. The Hall–Kier alpha value is -2.45. The molecule has 5 rings (SSSR count). The number of thioether (sulfide) groups is 1. The number of fused-ring (bicyclic) bond motifs is 1. The summed E-state index contributed by atoms with van der Waals surface area (Å²) in [6, 6.07) is 15.7. The van der Waals surface area contributed by atoms with Crippen molar-refractivity contribution in [2.45, 2.75) is 17.3 Å². The lowest BCUT2D eigenvalue weighted by molar-refractivity contribution is 0.0330. The van der Waals surface area contributed by atoms with Crippen LogP contribution in [0.2, 0.25) is 5.02 Å². The van der Waals surface area contributed by atoms with Crippen LogP contribution in [0.5, 0.6) is 0 Å². The third kappa shape index (κ3) is 4.91. The topological polar surface area (TPSA) is 64.3 Å². The summed E-state index contributed by atoms with van der Waals surface area (Å²) in [5.41, 5.74) is 1.91. The van der Waals surface area contributed by atoms with Crippen molar-refractivity contribution in [3.05, 3.63) is 71.5 Å². The summed E-state index contributed by atoms with van der Waals surface area (Å²) in [6.45, 7) is 4.05. The number of aromatic nitrogens is 3. The fourth-order valence-corrected chi connectivity index (χ4v) is 4.51. The fraction of sp³-hybridized carbons (Fsp3) is 0.261. The van der Waals surface area contributed by atoms with Crippen LogP contribution in [0.15, 0.2) is 64.2 Å². The minimum atomic E-state index is 0.589. The molecule has 0 N–H and O–H groups in total. The van der Waals surface area contributed by atoms with Crippen LogP contribution in [0.4, 0.5) is 0 Å². The molecular formula is C23H21ClN4O2S. The average Bonchev–Trinajstić information content (AvgIpc) is 3.28. The maximum Gasteiger partial charge on any atom is 0.205 e. The van der Waals surface area contributed by atoms with Crippen molar-refractivity contribution in [1.82, 2.24) is 19.9 Å². The molecule has 2 aromatic carbocycles. The van der Waals surface area contributed by atoms with Crippen LogP contribution in [0.25, 0.3) is 22.2 Å². The zero-order valence-electron chi connectivity index (χ0n) is 16.8. The molecular weight excluding hydrogens is 432 g/mol. The molecule has 1 saturated heterocycles. The summed E-state index contributed by atoms with van der Waals surface area (Å²) in [5, 5.41) is 2.69. The molecule has 2 aromatic heterocycles. The van der Waals surface area contributed by atoms with Crippen LogP contribution in [0.1, 0.15) is 11.7 Å². The first-order valence-corrected chi connectivity index (χ1v) is 11.5. The van der Waals surface area contributed by atoms with Gasteiger partial charge in [-0.2, -0.15) is 0 Å². The lowest BCUT2D eigenvalue weighted by atomic mass is 10.2. The van der Waals surface area contributed by atoms with E-state index >= 15 is 0 Å². The van der Waals surface area contributed by atoms with Crippen molar-refractivity contribution < 1.29 is 9.15 Å². The van der Waals surface area contributed by atoms with E-state index in [1.165, 1.54) is 0 Å². The molecule has 0 amide bonds. The van der Waals surface area contributed by atoms with E-state index in [0.717, 1.165) is 65.9 Å². The van der Waals surface area contributed by atoms with E-state index in [4.69, 9.17) is 30.7 Å². The lowest BCUT2D eigenvalue weighted by Crippen LogP contribution is -2.36. The second kappa shape index (κ2) is 9.36. The number of morpholine rings is 1. The second-order valence-corrected chi connectivity index (χ2v) is 8.66. The van der Waals surface area contributed by atoms with Crippen molar-refractivity contribution in [3.63, 3.8) is 0 Å². The van der Waals surface area contributed by atoms with Crippen molar-refractivity contribution in [3.8, 4) is 11.3 Å². The summed E-state index contributed by atoms with van der Waals surface area (Å²) < 4.78 is 11.4. The molecule has 1 aliphatic rings. The quantitative estimate of drug-likeness (QED) is 0.299. The Bertz CT molecular complexity index is 1180. The number of ether oxygens (including phenoxy) is 1. The van der Waals surface area contributed by atoms with Gasteiger partial charge in [-0.1, -0.05) is 41.6 Å². The zero-order chi connectivity index (χ0) is 21.0. The molecule has 31 heavy (non-hydrogen) atoms. The van der Waals surface area contributed by atoms with Gasteiger partial charge in [0, 0.05) is 29.1 Å². The highest BCUT2D eigenvalue weighted by Crippen LogP contribution is 2.30. The normalized spacial score (nSPS) is 14.9. The van der Waals surface area contributed by atoms with E-state index in [9.17, 15) is 0 Å². The number of hydrogen-bond acceptors (Lipinski definition) is 7. The standard InChI is InChI=1S/C23H21ClN4O2S/c24-17-7-5-16(6-8-17)20-13-25-22(30-20)15-31-23-18-3-1-2-4-19(18)26-21(27-23)14-28-9-11-29-12-10-28/h1-8,13H,9-12,14-15H2. The van der Waals surface area contributed by atoms with E-state index in [2.05, 4.69) is 16.0 Å². The molecule has 158 valence electrons. The van der Waals surface area contributed by atoms with E-state index < -0.39 is 0 Å². The van der Waals surface area contributed by atoms with E-state index in [1.54, 1.807) is 18.0 Å². The van der Waals surface area contributed by atoms with Gasteiger partial charge in [0.25, 0.3) is 0 Å². The maximum atomic E-state index is 5.97. The largest absolute Gasteiger partial charge is 0.440 e. The summed E-state index contributed by atoms with van der Waals surface area (Å²) in [5.74, 6) is 2.81. The minimum absolute atomic E-state index is 0.589. The van der Waals surface area contributed by atoms with Crippen molar-refractivity contribution in [2.24, 2.45) is 0 Å². The second-order valence-electron chi connectivity index (χ2n) is 7.26. The highest BCUT2D eigenvalue weighted by atomic mass is 35.5. The van der Waals surface area contributed by atoms with Crippen LogP contribution in [0, 0.1) is 0 Å². The van der Waals surface area contributed by atoms with Gasteiger partial charge in [0.1, 0.15) is 10.9 Å². The van der Waals surface area contributed by atoms with Crippen LogP contribution in [-0.4, -0.2) is 46.2 Å². The minimum Gasteiger partial charge on any atom is -0.440 e. The molecule has 4 aromatic rings. The number of benzene rings is 2. The SMILES string of the molecule is Clc1ccc(-c2cnc(CSc3nc(CN4CCOCC4)nc4ccccc34)o2)cc1. The van der Waals surface area contributed by atoms with Gasteiger partial charge in [0.2, 0.25) is 5.89 Å². The van der Waals surface area contributed by atoms with Gasteiger partial charge in [-0.3, -0.25) is 4.90 Å². The molecule has 0 atom stereocenters. The molecule has 0 aliphatic carbocycles. The Morgan fingerprint density at radius 3 is 2.65 bits per heavy atom. The van der Waals surface area contributed by atoms with Gasteiger partial charge in [-0.15, -0.1) is 0 Å². The molecule has 0 unspecified atom stereocenters. The van der Waals surface area contributed by atoms with Crippen LogP contribution >= 0.6 is 23.4 Å². The molecule has 0 bridgehead atoms. The molecule has 8 heteroatoms. The van der Waals surface area contributed by atoms with Gasteiger partial charge in [-0.05, 0) is 30.3 Å². The Morgan fingerprint density at radius 2 is 1.81 bits per heavy atom. The van der Waals surface area contributed by atoms with E-state index in [1.807, 2.05) is 42.5 Å². The Kier molecular flexibility index (Phi) is 6.18. The number of para-hydroxylation sites is 1. The van der Waals surface area contributed by atoms with E-state index in [-0.39, 0.29) is 0 Å².